The van der Waals surface area contributed by atoms with Crippen LogP contribution < -0.4 is 15.6 Å². The first-order chi connectivity index (χ1) is 14.0. The Morgan fingerprint density at radius 3 is 2.66 bits per heavy atom. The van der Waals surface area contributed by atoms with Crippen molar-refractivity contribution in [1.29, 1.82) is 0 Å². The maximum atomic E-state index is 12.4. The lowest BCUT2D eigenvalue weighted by molar-refractivity contribution is -0.155. The molecule has 8 heteroatoms. The molecule has 0 aliphatic heterocycles. The van der Waals surface area contributed by atoms with Crippen LogP contribution in [0.3, 0.4) is 0 Å². The van der Waals surface area contributed by atoms with Gasteiger partial charge in [0.05, 0.1) is 24.3 Å². The average Bonchev–Trinajstić information content (AvgIpc) is 2.74. The van der Waals surface area contributed by atoms with Crippen molar-refractivity contribution in [2.75, 3.05) is 7.11 Å². The number of para-hydroxylation sites is 2. The topological polar surface area (TPSA) is 99.5 Å². The molecule has 0 saturated heterocycles. The van der Waals surface area contributed by atoms with Gasteiger partial charge in [-0.3, -0.25) is 19.0 Å². The Labute approximate surface area is 167 Å². The molecule has 0 aliphatic carbocycles. The van der Waals surface area contributed by atoms with Crippen LogP contribution in [0.15, 0.2) is 59.7 Å². The summed E-state index contributed by atoms with van der Waals surface area (Å²) in [6, 6.07) is 14.1. The van der Waals surface area contributed by atoms with Gasteiger partial charge in [0.15, 0.2) is 6.10 Å². The molecule has 8 nitrogen and oxygen atoms in total. The predicted molar refractivity (Wildman–Crippen MR) is 106 cm³/mol. The molecule has 0 spiro atoms. The summed E-state index contributed by atoms with van der Waals surface area (Å²) in [6.45, 7) is 1.37. The van der Waals surface area contributed by atoms with Gasteiger partial charge in [-0.05, 0) is 25.1 Å². The molecule has 0 unspecified atom stereocenters. The van der Waals surface area contributed by atoms with Gasteiger partial charge < -0.3 is 14.8 Å². The van der Waals surface area contributed by atoms with Crippen molar-refractivity contribution in [2.45, 2.75) is 26.1 Å². The van der Waals surface area contributed by atoms with Crippen molar-refractivity contribution in [1.82, 2.24) is 14.9 Å². The summed E-state index contributed by atoms with van der Waals surface area (Å²) in [5, 5.41) is 3.11. The molecule has 0 aliphatic rings. The van der Waals surface area contributed by atoms with E-state index in [4.69, 9.17) is 9.47 Å². The van der Waals surface area contributed by atoms with Gasteiger partial charge in [-0.15, -0.1) is 0 Å². The summed E-state index contributed by atoms with van der Waals surface area (Å²) in [5.41, 5.74) is 1.00. The molecule has 0 bridgehead atoms. The molecule has 2 aromatic carbocycles. The number of nitrogens with zero attached hydrogens (tertiary/aromatic N) is 2. The summed E-state index contributed by atoms with van der Waals surface area (Å²) in [6.07, 6.45) is 0.277. The lowest BCUT2D eigenvalue weighted by Crippen LogP contribution is -2.37. The van der Waals surface area contributed by atoms with Crippen molar-refractivity contribution >= 4 is 22.8 Å². The number of ether oxygens (including phenoxy) is 2. The number of hydrogen-bond donors (Lipinski definition) is 1. The molecule has 1 aromatic heterocycles. The van der Waals surface area contributed by atoms with Crippen LogP contribution in [0.5, 0.6) is 5.75 Å². The van der Waals surface area contributed by atoms with E-state index in [1.54, 1.807) is 37.4 Å². The lowest BCUT2D eigenvalue weighted by atomic mass is 10.2. The SMILES string of the molecule is COc1ccccc1CNC(=O)[C@H](C)OC(=O)Cn1cnc2ccccc2c1=O. The second kappa shape index (κ2) is 9.01. The van der Waals surface area contributed by atoms with Crippen molar-refractivity contribution in [3.63, 3.8) is 0 Å². The molecule has 1 heterocycles. The highest BCUT2D eigenvalue weighted by Crippen LogP contribution is 2.16. The number of esters is 1. The highest BCUT2D eigenvalue weighted by Gasteiger charge is 2.19. The first-order valence-corrected chi connectivity index (χ1v) is 9.03. The second-order valence-corrected chi connectivity index (χ2v) is 6.36. The Balaban J connectivity index is 1.58. The van der Waals surface area contributed by atoms with Gasteiger partial charge in [0.2, 0.25) is 0 Å². The summed E-state index contributed by atoms with van der Waals surface area (Å²) >= 11 is 0. The zero-order chi connectivity index (χ0) is 20.8. The highest BCUT2D eigenvalue weighted by atomic mass is 16.5. The zero-order valence-electron chi connectivity index (χ0n) is 16.1. The number of hydrogen-bond acceptors (Lipinski definition) is 6. The molecule has 150 valence electrons. The van der Waals surface area contributed by atoms with E-state index in [0.29, 0.717) is 16.7 Å². The van der Waals surface area contributed by atoms with Crippen LogP contribution in [-0.4, -0.2) is 34.6 Å². The minimum Gasteiger partial charge on any atom is -0.496 e. The van der Waals surface area contributed by atoms with Crippen LogP contribution in [0.4, 0.5) is 0 Å². The van der Waals surface area contributed by atoms with Crippen LogP contribution in [-0.2, 0) is 27.4 Å². The lowest BCUT2D eigenvalue weighted by Gasteiger charge is -2.15. The second-order valence-electron chi connectivity index (χ2n) is 6.36. The Morgan fingerprint density at radius 1 is 1.14 bits per heavy atom. The van der Waals surface area contributed by atoms with Crippen molar-refractivity contribution in [3.05, 3.63) is 70.8 Å². The van der Waals surface area contributed by atoms with Crippen LogP contribution in [0.2, 0.25) is 0 Å². The molecular formula is C21H21N3O5. The third-order valence-corrected chi connectivity index (χ3v) is 4.35. The Hall–Kier alpha value is -3.68. The summed E-state index contributed by atoms with van der Waals surface area (Å²) in [4.78, 5) is 41.0. The number of methoxy groups -OCH3 is 1. The first-order valence-electron chi connectivity index (χ1n) is 9.03. The molecule has 3 aromatic rings. The van der Waals surface area contributed by atoms with Crippen molar-refractivity contribution < 1.29 is 19.1 Å². The predicted octanol–water partition coefficient (Wildman–Crippen LogP) is 1.65. The number of nitrogens with one attached hydrogen (secondary N) is 1. The molecule has 3 rings (SSSR count). The summed E-state index contributed by atoms with van der Waals surface area (Å²) in [7, 11) is 1.55. The first kappa shape index (κ1) is 20.1. The van der Waals surface area contributed by atoms with E-state index in [1.807, 2.05) is 18.2 Å². The van der Waals surface area contributed by atoms with E-state index in [2.05, 4.69) is 10.3 Å². The fraction of sp³-hybridized carbons (Fsp3) is 0.238. The molecule has 0 saturated carbocycles. The molecule has 29 heavy (non-hydrogen) atoms. The molecule has 0 radical (unpaired) electrons. The van der Waals surface area contributed by atoms with E-state index in [-0.39, 0.29) is 18.6 Å². The quantitative estimate of drug-likeness (QED) is 0.611. The third kappa shape index (κ3) is 4.78. The van der Waals surface area contributed by atoms with E-state index >= 15 is 0 Å². The number of aromatic nitrogens is 2. The molecule has 0 fully saturated rings. The fourth-order valence-electron chi connectivity index (χ4n) is 2.82. The van der Waals surface area contributed by atoms with E-state index in [1.165, 1.54) is 13.3 Å². The molecular weight excluding hydrogens is 374 g/mol. The van der Waals surface area contributed by atoms with Gasteiger partial charge in [0, 0.05) is 12.1 Å². The number of fused-ring (bicyclic) bond motifs is 1. The Bertz CT molecular complexity index is 1090. The maximum absolute atomic E-state index is 12.4. The van der Waals surface area contributed by atoms with Crippen LogP contribution in [0, 0.1) is 0 Å². The van der Waals surface area contributed by atoms with E-state index < -0.39 is 18.0 Å². The Kier molecular flexibility index (Phi) is 6.23. The number of amides is 1. The van der Waals surface area contributed by atoms with Crippen LogP contribution in [0.1, 0.15) is 12.5 Å². The normalized spacial score (nSPS) is 11.7. The van der Waals surface area contributed by atoms with Gasteiger partial charge in [-0.1, -0.05) is 30.3 Å². The Morgan fingerprint density at radius 2 is 1.86 bits per heavy atom. The molecule has 1 N–H and O–H groups in total. The molecule has 1 amide bonds. The fourth-order valence-corrected chi connectivity index (χ4v) is 2.82. The highest BCUT2D eigenvalue weighted by molar-refractivity contribution is 5.83. The van der Waals surface area contributed by atoms with Crippen LogP contribution >= 0.6 is 0 Å². The van der Waals surface area contributed by atoms with Gasteiger partial charge in [-0.25, -0.2) is 4.98 Å². The van der Waals surface area contributed by atoms with Gasteiger partial charge in [-0.2, -0.15) is 0 Å². The van der Waals surface area contributed by atoms with E-state index in [0.717, 1.165) is 10.1 Å². The number of rotatable bonds is 7. The zero-order valence-corrected chi connectivity index (χ0v) is 16.1. The third-order valence-electron chi connectivity index (χ3n) is 4.35. The van der Waals surface area contributed by atoms with Crippen LogP contribution in [0.25, 0.3) is 10.9 Å². The largest absolute Gasteiger partial charge is 0.496 e. The summed E-state index contributed by atoms with van der Waals surface area (Å²) < 4.78 is 11.6. The minimum absolute atomic E-state index is 0.235. The smallest absolute Gasteiger partial charge is 0.326 e. The maximum Gasteiger partial charge on any atom is 0.326 e. The average molecular weight is 395 g/mol. The van der Waals surface area contributed by atoms with Crippen molar-refractivity contribution in [3.8, 4) is 5.75 Å². The monoisotopic (exact) mass is 395 g/mol. The molecule has 1 atom stereocenters. The standard InChI is InChI=1S/C21H21N3O5/c1-14(20(26)22-11-15-7-3-6-10-18(15)28-2)29-19(25)12-24-13-23-17-9-5-4-8-16(17)21(24)27/h3-10,13-14H,11-12H2,1-2H3,(H,22,26)/t14-/m0/s1. The minimum atomic E-state index is -1.01. The number of benzene rings is 2. The number of carbonyl (C=O) groups is 2. The van der Waals surface area contributed by atoms with Gasteiger partial charge >= 0.3 is 5.97 Å². The number of carbonyl (C=O) groups excluding carboxylic acids is 2. The van der Waals surface area contributed by atoms with Gasteiger partial charge in [0.25, 0.3) is 11.5 Å². The van der Waals surface area contributed by atoms with Gasteiger partial charge in [0.1, 0.15) is 12.3 Å². The summed E-state index contributed by atoms with van der Waals surface area (Å²) in [5.74, 6) is -0.502. The van der Waals surface area contributed by atoms with Crippen molar-refractivity contribution in [2.24, 2.45) is 0 Å². The van der Waals surface area contributed by atoms with E-state index in [9.17, 15) is 14.4 Å².